The van der Waals surface area contributed by atoms with E-state index < -0.39 is 0 Å². The molecule has 0 spiro atoms. The second-order valence-electron chi connectivity index (χ2n) is 3.80. The third kappa shape index (κ3) is 6.29. The van der Waals surface area contributed by atoms with Crippen LogP contribution in [0.1, 0.15) is 20.3 Å². The van der Waals surface area contributed by atoms with Gasteiger partial charge >= 0.3 is 0 Å². The van der Waals surface area contributed by atoms with Crippen molar-refractivity contribution in [2.45, 2.75) is 39.1 Å². The largest absolute Gasteiger partial charge is 0.125 e. The maximum absolute atomic E-state index is 6.26. The van der Waals surface area contributed by atoms with E-state index in [1.807, 2.05) is 13.8 Å². The molecule has 0 radical (unpaired) electrons. The smallest absolute Gasteiger partial charge is 0.0898 e. The monoisotopic (exact) mass is 476 g/mol. The summed E-state index contributed by atoms with van der Waals surface area (Å²) in [7, 11) is 0. The van der Waals surface area contributed by atoms with Gasteiger partial charge in [0, 0.05) is 5.88 Å². The Balaban J connectivity index is 4.37. The van der Waals surface area contributed by atoms with Gasteiger partial charge in [-0.3, -0.25) is 0 Å². The first-order valence-electron chi connectivity index (χ1n) is 4.70. The van der Waals surface area contributed by atoms with Crippen molar-refractivity contribution >= 4 is 82.6 Å². The number of hydrogen-bond acceptors (Lipinski definition) is 0. The van der Waals surface area contributed by atoms with Crippen molar-refractivity contribution in [3.63, 3.8) is 0 Å². The van der Waals surface area contributed by atoms with Gasteiger partial charge in [0.25, 0.3) is 0 Å². The maximum atomic E-state index is 6.26. The van der Waals surface area contributed by atoms with Gasteiger partial charge in [-0.05, 0) is 20.3 Å². The molecule has 0 nitrogen and oxygen atoms in total. The molecule has 0 aromatic carbocycles. The Morgan fingerprint density at radius 2 is 1.88 bits per heavy atom. The van der Waals surface area contributed by atoms with Crippen LogP contribution in [0.2, 0.25) is 0 Å². The summed E-state index contributed by atoms with van der Waals surface area (Å²) in [4.78, 5) is 0. The molecule has 0 bridgehead atoms. The zero-order chi connectivity index (χ0) is 12.9. The quantitative estimate of drug-likeness (QED) is 0.321. The van der Waals surface area contributed by atoms with E-state index in [2.05, 4.69) is 53.9 Å². The molecule has 0 aliphatic rings. The van der Waals surface area contributed by atoms with E-state index in [4.69, 9.17) is 34.8 Å². The van der Waals surface area contributed by atoms with Crippen molar-refractivity contribution in [1.29, 1.82) is 0 Å². The predicted molar refractivity (Wildman–Crippen MR) is 87.4 cm³/mol. The molecule has 96 valence electrons. The Morgan fingerprint density at radius 1 is 1.38 bits per heavy atom. The minimum atomic E-state index is -0.253. The molecule has 16 heavy (non-hydrogen) atoms. The summed E-state index contributed by atoms with van der Waals surface area (Å²) in [5.74, 6) is 0.470. The molecular weight excluding hydrogens is 466 g/mol. The van der Waals surface area contributed by atoms with E-state index in [1.54, 1.807) is 0 Å². The van der Waals surface area contributed by atoms with Crippen LogP contribution in [0.4, 0.5) is 0 Å². The van der Waals surface area contributed by atoms with E-state index in [0.717, 1.165) is 12.0 Å². The van der Waals surface area contributed by atoms with Crippen LogP contribution in [0.3, 0.4) is 0 Å². The number of allylic oxidation sites excluding steroid dienone is 2. The highest BCUT2D eigenvalue weighted by molar-refractivity contribution is 9.24. The Labute approximate surface area is 138 Å². The molecule has 0 saturated carbocycles. The lowest BCUT2D eigenvalue weighted by Crippen LogP contribution is -2.30. The summed E-state index contributed by atoms with van der Waals surface area (Å²) in [5, 5.41) is -0.144. The van der Waals surface area contributed by atoms with Crippen LogP contribution < -0.4 is 0 Å². The second-order valence-corrected chi connectivity index (χ2v) is 10.1. The highest BCUT2D eigenvalue weighted by atomic mass is 79.9. The summed E-state index contributed by atoms with van der Waals surface area (Å²) in [6.07, 6.45) is 2.79. The summed E-state index contributed by atoms with van der Waals surface area (Å²) in [6, 6.07) is 0. The van der Waals surface area contributed by atoms with Crippen LogP contribution in [-0.2, 0) is 0 Å². The van der Waals surface area contributed by atoms with Gasteiger partial charge in [0.15, 0.2) is 0 Å². The van der Waals surface area contributed by atoms with Crippen molar-refractivity contribution in [2.75, 3.05) is 5.88 Å². The lowest BCUT2D eigenvalue weighted by atomic mass is 10.0. The topological polar surface area (TPSA) is 0 Å². The fraction of sp³-hybridized carbons (Fsp3) is 0.800. The highest BCUT2D eigenvalue weighted by Gasteiger charge is 2.28. The van der Waals surface area contributed by atoms with Crippen LogP contribution in [-0.4, -0.2) is 24.7 Å². The zero-order valence-corrected chi connectivity index (χ0v) is 16.0. The van der Waals surface area contributed by atoms with Gasteiger partial charge in [-0.15, -0.1) is 34.8 Å². The first kappa shape index (κ1) is 18.0. The van der Waals surface area contributed by atoms with Crippen molar-refractivity contribution < 1.29 is 0 Å². The second kappa shape index (κ2) is 8.27. The van der Waals surface area contributed by atoms with Crippen LogP contribution in [0, 0.1) is 0 Å². The molecule has 0 aromatic heterocycles. The van der Waals surface area contributed by atoms with Gasteiger partial charge in [-0.25, -0.2) is 0 Å². The van der Waals surface area contributed by atoms with Gasteiger partial charge in [0.05, 0.1) is 18.8 Å². The molecule has 0 fully saturated rings. The van der Waals surface area contributed by atoms with Crippen molar-refractivity contribution in [2.24, 2.45) is 0 Å². The van der Waals surface area contributed by atoms with Crippen molar-refractivity contribution in [3.05, 3.63) is 11.6 Å². The molecule has 6 heteroatoms. The minimum Gasteiger partial charge on any atom is -0.125 e. The van der Waals surface area contributed by atoms with Crippen LogP contribution in [0.25, 0.3) is 0 Å². The molecule has 0 aliphatic carbocycles. The predicted octanol–water partition coefficient (Wildman–Crippen LogP) is 6.05. The molecule has 0 aromatic rings. The summed E-state index contributed by atoms with van der Waals surface area (Å²) in [5.41, 5.74) is 1.09. The highest BCUT2D eigenvalue weighted by Crippen LogP contribution is 2.31. The molecule has 0 amide bonds. The molecule has 0 rings (SSSR count). The summed E-state index contributed by atoms with van der Waals surface area (Å²) in [6.45, 7) is 3.97. The van der Waals surface area contributed by atoms with Gasteiger partial charge in [0.2, 0.25) is 0 Å². The lowest BCUT2D eigenvalue weighted by Gasteiger charge is -2.24. The van der Waals surface area contributed by atoms with E-state index >= 15 is 0 Å². The minimum absolute atomic E-state index is 0.0621. The molecule has 0 aliphatic heterocycles. The number of alkyl halides is 6. The average molecular weight is 480 g/mol. The third-order valence-corrected chi connectivity index (χ3v) is 7.11. The summed E-state index contributed by atoms with van der Waals surface area (Å²) >= 11 is 28.5. The Kier molecular flexibility index (Phi) is 9.33. The standard InChI is InChI=1S/C10H14Br3Cl3/c1-6(8(16)9(11)12)3-4-7(15)10(2,13)5-14/h3,7-9H,4-5H2,1-2H3/b6-3+/t7-,8-,10+/m1/s1. The van der Waals surface area contributed by atoms with E-state index in [-0.39, 0.29) is 18.8 Å². The van der Waals surface area contributed by atoms with Crippen molar-refractivity contribution in [1.82, 2.24) is 0 Å². The van der Waals surface area contributed by atoms with Crippen LogP contribution in [0.5, 0.6) is 0 Å². The van der Waals surface area contributed by atoms with Crippen molar-refractivity contribution in [3.8, 4) is 0 Å². The van der Waals surface area contributed by atoms with Gasteiger partial charge in [0.1, 0.15) is 0 Å². The molecule has 0 N–H and O–H groups in total. The summed E-state index contributed by atoms with van der Waals surface area (Å²) < 4.78 is -0.188. The van der Waals surface area contributed by atoms with Gasteiger partial charge in [-0.1, -0.05) is 59.4 Å². The SMILES string of the molecule is C/C(=C\C[C@@H](Cl)[C@@](C)(Br)CCl)[C@@H](Cl)C(Br)Br. The Hall–Kier alpha value is 2.05. The number of hydrogen-bond donors (Lipinski definition) is 0. The number of halogens is 6. The molecule has 0 heterocycles. The van der Waals surface area contributed by atoms with Crippen LogP contribution >= 0.6 is 82.6 Å². The van der Waals surface area contributed by atoms with Gasteiger partial charge in [-0.2, -0.15) is 0 Å². The van der Waals surface area contributed by atoms with Gasteiger partial charge < -0.3 is 0 Å². The zero-order valence-electron chi connectivity index (χ0n) is 8.99. The van der Waals surface area contributed by atoms with E-state index in [1.165, 1.54) is 0 Å². The normalized spacial score (nSPS) is 20.7. The van der Waals surface area contributed by atoms with E-state index in [0.29, 0.717) is 5.88 Å². The Morgan fingerprint density at radius 3 is 2.25 bits per heavy atom. The first-order valence-corrected chi connectivity index (χ1v) is 8.73. The third-order valence-electron chi connectivity index (χ3n) is 2.22. The molecule has 0 saturated heterocycles. The molecule has 3 atom stereocenters. The van der Waals surface area contributed by atoms with E-state index in [9.17, 15) is 0 Å². The molecule has 0 unspecified atom stereocenters. The fourth-order valence-electron chi connectivity index (χ4n) is 0.930. The Bertz CT molecular complexity index is 241. The molecular formula is C10H14Br3Cl3. The first-order chi connectivity index (χ1) is 7.22. The lowest BCUT2D eigenvalue weighted by molar-refractivity contribution is 0.675. The number of rotatable bonds is 6. The maximum Gasteiger partial charge on any atom is 0.0898 e. The average Bonchev–Trinajstić information content (AvgIpc) is 2.23. The fourth-order valence-corrected chi connectivity index (χ4v) is 2.47. The van der Waals surface area contributed by atoms with Crippen LogP contribution in [0.15, 0.2) is 11.6 Å².